The Labute approximate surface area is 172 Å². The molecule has 0 fully saturated rings. The van der Waals surface area contributed by atoms with E-state index in [0.717, 1.165) is 15.5 Å². The summed E-state index contributed by atoms with van der Waals surface area (Å²) in [5.74, 6) is 0.900. The Morgan fingerprint density at radius 2 is 1.93 bits per heavy atom. The van der Waals surface area contributed by atoms with Crippen LogP contribution in [0.2, 0.25) is 0 Å². The number of ether oxygens (including phenoxy) is 2. The van der Waals surface area contributed by atoms with Crippen molar-refractivity contribution < 1.29 is 19.4 Å². The van der Waals surface area contributed by atoms with Gasteiger partial charge in [0.25, 0.3) is 0 Å². The van der Waals surface area contributed by atoms with Crippen LogP contribution in [0.25, 0.3) is 0 Å². The molecule has 0 amide bonds. The van der Waals surface area contributed by atoms with Crippen molar-refractivity contribution in [2.75, 3.05) is 18.1 Å². The zero-order chi connectivity index (χ0) is 20.0. The number of hydrogen-bond acceptors (Lipinski definition) is 7. The summed E-state index contributed by atoms with van der Waals surface area (Å²) < 4.78 is 11.5. The van der Waals surface area contributed by atoms with Gasteiger partial charge in [-0.25, -0.2) is 9.78 Å². The van der Waals surface area contributed by atoms with Crippen LogP contribution in [0.15, 0.2) is 46.3 Å². The van der Waals surface area contributed by atoms with Crippen LogP contribution in [0.1, 0.15) is 20.3 Å². The van der Waals surface area contributed by atoms with Gasteiger partial charge in [0, 0.05) is 16.0 Å². The Morgan fingerprint density at radius 3 is 2.44 bits per heavy atom. The number of carbonyl (C=O) groups is 1. The van der Waals surface area contributed by atoms with E-state index in [9.17, 15) is 9.90 Å². The predicted octanol–water partition coefficient (Wildman–Crippen LogP) is 4.65. The smallest absolute Gasteiger partial charge is 0.329 e. The molecule has 27 heavy (non-hydrogen) atoms. The van der Waals surface area contributed by atoms with Crippen LogP contribution < -0.4 is 8.66 Å². The lowest BCUT2D eigenvalue weighted by molar-refractivity contribution is -0.142. The number of benzene rings is 1. The molecule has 1 aromatic carbocycles. The van der Waals surface area contributed by atoms with Gasteiger partial charge in [-0.2, -0.15) is 0 Å². The number of carbonyl (C=O) groups excluding carboxylic acids is 1. The number of halogens is 1. The summed E-state index contributed by atoms with van der Waals surface area (Å²) in [5.41, 5.74) is 0. The number of hydrogen-bond donors (Lipinski definition) is 1. The van der Waals surface area contributed by atoms with Crippen LogP contribution in [-0.2, 0) is 9.53 Å². The van der Waals surface area contributed by atoms with Crippen molar-refractivity contribution >= 4 is 39.7 Å². The molecule has 1 heterocycles. The summed E-state index contributed by atoms with van der Waals surface area (Å²) in [6.45, 7) is 4.03. The minimum absolute atomic E-state index is 0.0250. The highest BCUT2D eigenvalue weighted by Gasteiger charge is 2.29. The fourth-order valence-corrected chi connectivity index (χ4v) is 3.87. The predicted molar refractivity (Wildman–Crippen MR) is 110 cm³/mol. The van der Waals surface area contributed by atoms with Gasteiger partial charge in [-0.1, -0.05) is 25.6 Å². The van der Waals surface area contributed by atoms with Crippen molar-refractivity contribution in [3.63, 3.8) is 0 Å². The number of anilines is 1. The average molecular weight is 455 g/mol. The first-order chi connectivity index (χ1) is 12.8. The summed E-state index contributed by atoms with van der Waals surface area (Å²) in [4.78, 5) is 18.2. The Hall–Kier alpha value is -1.93. The Bertz CT molecular complexity index is 771. The van der Waals surface area contributed by atoms with Crippen LogP contribution in [0.5, 0.6) is 11.5 Å². The molecule has 8 heteroatoms. The lowest BCUT2D eigenvalue weighted by atomic mass is 10.0. The quantitative estimate of drug-likeness (QED) is 0.459. The van der Waals surface area contributed by atoms with Crippen molar-refractivity contribution in [1.29, 1.82) is 0 Å². The molecule has 0 aliphatic heterocycles. The zero-order valence-corrected chi connectivity index (χ0v) is 18.1. The van der Waals surface area contributed by atoms with E-state index in [1.165, 1.54) is 22.8 Å². The molecule has 0 saturated carbocycles. The van der Waals surface area contributed by atoms with E-state index < -0.39 is 12.0 Å². The van der Waals surface area contributed by atoms with Gasteiger partial charge in [0.1, 0.15) is 11.8 Å². The maximum Gasteiger partial charge on any atom is 0.329 e. The first-order valence-corrected chi connectivity index (χ1v) is 9.92. The van der Waals surface area contributed by atoms with Gasteiger partial charge in [-0.05, 0) is 42.7 Å². The van der Waals surface area contributed by atoms with E-state index in [1.54, 1.807) is 19.4 Å². The van der Waals surface area contributed by atoms with E-state index in [-0.39, 0.29) is 17.5 Å². The lowest BCUT2D eigenvalue weighted by Gasteiger charge is -2.26. The second kappa shape index (κ2) is 9.85. The van der Waals surface area contributed by atoms with Crippen LogP contribution in [-0.4, -0.2) is 36.3 Å². The van der Waals surface area contributed by atoms with Crippen LogP contribution in [0, 0.1) is 5.92 Å². The molecule has 1 aromatic heterocycles. The summed E-state index contributed by atoms with van der Waals surface area (Å²) in [6.07, 6.45) is 2.21. The summed E-state index contributed by atoms with van der Waals surface area (Å²) >= 11 is 4.84. The third kappa shape index (κ3) is 5.77. The topological polar surface area (TPSA) is 71.9 Å². The van der Waals surface area contributed by atoms with Crippen molar-refractivity contribution in [2.45, 2.75) is 36.1 Å². The highest BCUT2D eigenvalue weighted by Crippen LogP contribution is 2.36. The molecular formula is C19H23BrN2O4S. The Morgan fingerprint density at radius 1 is 1.26 bits per heavy atom. The van der Waals surface area contributed by atoms with E-state index in [4.69, 9.17) is 9.47 Å². The molecule has 0 saturated heterocycles. The van der Waals surface area contributed by atoms with Gasteiger partial charge in [0.2, 0.25) is 0 Å². The molecule has 0 aliphatic rings. The molecule has 1 atom stereocenters. The molecule has 2 aromatic rings. The highest BCUT2D eigenvalue weighted by atomic mass is 79.9. The normalized spacial score (nSPS) is 11.9. The van der Waals surface area contributed by atoms with Crippen LogP contribution in [0.3, 0.4) is 0 Å². The second-order valence-electron chi connectivity index (χ2n) is 6.27. The summed E-state index contributed by atoms with van der Waals surface area (Å²) in [6, 6.07) is 8.64. The van der Waals surface area contributed by atoms with Crippen molar-refractivity contribution in [2.24, 2.45) is 5.92 Å². The first-order valence-electron chi connectivity index (χ1n) is 8.39. The lowest BCUT2D eigenvalue weighted by Crippen LogP contribution is -2.37. The van der Waals surface area contributed by atoms with Crippen molar-refractivity contribution in [1.82, 2.24) is 4.98 Å². The van der Waals surface area contributed by atoms with E-state index in [0.29, 0.717) is 6.42 Å². The number of rotatable bonds is 8. The Kier molecular flexibility index (Phi) is 7.79. The number of pyridine rings is 1. The molecule has 146 valence electrons. The zero-order valence-electron chi connectivity index (χ0n) is 15.7. The van der Waals surface area contributed by atoms with Crippen molar-refractivity contribution in [3.05, 3.63) is 36.5 Å². The highest BCUT2D eigenvalue weighted by molar-refractivity contribution is 9.10. The molecule has 0 radical (unpaired) electrons. The number of esters is 1. The molecule has 2 rings (SSSR count). The Balaban J connectivity index is 2.19. The maximum absolute atomic E-state index is 12.1. The van der Waals surface area contributed by atoms with Crippen molar-refractivity contribution in [3.8, 4) is 11.5 Å². The molecular weight excluding hydrogens is 432 g/mol. The first kappa shape index (κ1) is 21.4. The van der Waals surface area contributed by atoms with Gasteiger partial charge in [-0.3, -0.25) is 3.93 Å². The summed E-state index contributed by atoms with van der Waals surface area (Å²) in [7, 11) is 2.97. The molecule has 0 unspecified atom stereocenters. The minimum atomic E-state index is -0.589. The van der Waals surface area contributed by atoms with E-state index in [2.05, 4.69) is 21.1 Å². The average Bonchev–Trinajstić information content (AvgIpc) is 2.65. The van der Waals surface area contributed by atoms with Gasteiger partial charge in [0.05, 0.1) is 30.4 Å². The third-order valence-corrected chi connectivity index (χ3v) is 5.56. The van der Waals surface area contributed by atoms with Crippen LogP contribution >= 0.6 is 27.9 Å². The SMILES string of the molecule is COC(=O)[C@H](CC(C)C)N(Br)c1ncc(Sc2ccc(OC)cc2)cc1O. The standard InChI is InChI=1S/C19H23BrN2O4S/c1-12(2)9-16(19(24)26-4)22(20)18-17(23)10-15(11-21-18)27-14-7-5-13(25-3)6-8-14/h5-8,10-12,16,23H,9H2,1-4H3/t16-/m0/s1. The fourth-order valence-electron chi connectivity index (χ4n) is 2.44. The maximum atomic E-state index is 12.1. The van der Waals surface area contributed by atoms with Gasteiger partial charge in [-0.15, -0.1) is 0 Å². The van der Waals surface area contributed by atoms with Gasteiger partial charge >= 0.3 is 5.97 Å². The summed E-state index contributed by atoms with van der Waals surface area (Å²) in [5, 5.41) is 10.4. The second-order valence-corrected chi connectivity index (χ2v) is 8.18. The third-order valence-electron chi connectivity index (χ3n) is 3.76. The molecule has 0 aliphatic carbocycles. The number of aromatic hydroxyl groups is 1. The molecule has 0 spiro atoms. The fraction of sp³-hybridized carbons (Fsp3) is 0.368. The van der Waals surface area contributed by atoms with Gasteiger partial charge in [0.15, 0.2) is 11.6 Å². The molecule has 0 bridgehead atoms. The largest absolute Gasteiger partial charge is 0.504 e. The number of nitrogens with zero attached hydrogens (tertiary/aromatic N) is 2. The van der Waals surface area contributed by atoms with Gasteiger partial charge < -0.3 is 14.6 Å². The van der Waals surface area contributed by atoms with E-state index >= 15 is 0 Å². The number of methoxy groups -OCH3 is 2. The number of aromatic nitrogens is 1. The molecule has 6 nitrogen and oxygen atoms in total. The molecule has 1 N–H and O–H groups in total. The minimum Gasteiger partial charge on any atom is -0.504 e. The van der Waals surface area contributed by atoms with E-state index in [1.807, 2.05) is 38.1 Å². The van der Waals surface area contributed by atoms with Crippen LogP contribution in [0.4, 0.5) is 5.82 Å². The monoisotopic (exact) mass is 454 g/mol.